The van der Waals surface area contributed by atoms with Gasteiger partial charge in [0.1, 0.15) is 5.82 Å². The van der Waals surface area contributed by atoms with Gasteiger partial charge in [-0.2, -0.15) is 0 Å². The predicted octanol–water partition coefficient (Wildman–Crippen LogP) is 2.00. The Morgan fingerprint density at radius 3 is 2.54 bits per heavy atom. The van der Waals surface area contributed by atoms with Crippen molar-refractivity contribution in [1.29, 1.82) is 0 Å². The number of para-hydroxylation sites is 2. The van der Waals surface area contributed by atoms with E-state index in [1.807, 2.05) is 31.2 Å². The van der Waals surface area contributed by atoms with Gasteiger partial charge in [-0.05, 0) is 50.2 Å². The minimum Gasteiger partial charge on any atom is -0.354 e. The number of sulfonamides is 1. The molecule has 1 amide bonds. The maximum atomic E-state index is 12.1. The molecule has 0 radical (unpaired) electrons. The predicted molar refractivity (Wildman–Crippen MR) is 108 cm³/mol. The summed E-state index contributed by atoms with van der Waals surface area (Å²) >= 11 is 0. The van der Waals surface area contributed by atoms with Crippen molar-refractivity contribution >= 4 is 27.0 Å². The topological polar surface area (TPSA) is 93.1 Å². The van der Waals surface area contributed by atoms with E-state index >= 15 is 0 Å². The molecule has 8 heteroatoms. The van der Waals surface area contributed by atoms with E-state index in [4.69, 9.17) is 0 Å². The average Bonchev–Trinajstić information content (AvgIpc) is 3.02. The van der Waals surface area contributed by atoms with Crippen LogP contribution < -0.4 is 10.0 Å². The summed E-state index contributed by atoms with van der Waals surface area (Å²) in [5, 5.41) is 2.93. The molecule has 3 aromatic rings. The lowest BCUT2D eigenvalue weighted by molar-refractivity contribution is -0.121. The Morgan fingerprint density at radius 1 is 1.11 bits per heavy atom. The van der Waals surface area contributed by atoms with Crippen molar-refractivity contribution in [2.45, 2.75) is 31.2 Å². The zero-order chi connectivity index (χ0) is 20.1. The molecule has 2 N–H and O–H groups in total. The first-order valence-corrected chi connectivity index (χ1v) is 10.6. The van der Waals surface area contributed by atoms with Crippen LogP contribution in [0.15, 0.2) is 53.4 Å². The van der Waals surface area contributed by atoms with E-state index < -0.39 is 10.0 Å². The van der Waals surface area contributed by atoms with Gasteiger partial charge in [-0.25, -0.2) is 18.1 Å². The monoisotopic (exact) mass is 400 g/mol. The van der Waals surface area contributed by atoms with Crippen LogP contribution >= 0.6 is 0 Å². The lowest BCUT2D eigenvalue weighted by atomic mass is 10.1. The van der Waals surface area contributed by atoms with Gasteiger partial charge in [0.05, 0.1) is 15.9 Å². The van der Waals surface area contributed by atoms with Crippen LogP contribution in [-0.2, 0) is 27.8 Å². The van der Waals surface area contributed by atoms with E-state index in [1.54, 1.807) is 24.3 Å². The van der Waals surface area contributed by atoms with Crippen LogP contribution in [0.2, 0.25) is 0 Å². The molecule has 28 heavy (non-hydrogen) atoms. The molecule has 0 saturated carbocycles. The zero-order valence-electron chi connectivity index (χ0n) is 16.0. The summed E-state index contributed by atoms with van der Waals surface area (Å²) in [5.41, 5.74) is 2.93. The smallest absolute Gasteiger partial charge is 0.240 e. The first-order valence-electron chi connectivity index (χ1n) is 9.12. The highest BCUT2D eigenvalue weighted by Gasteiger charge is 2.11. The number of carbonyl (C=O) groups is 1. The van der Waals surface area contributed by atoms with Crippen molar-refractivity contribution in [3.05, 3.63) is 59.9 Å². The van der Waals surface area contributed by atoms with Crippen LogP contribution in [0.25, 0.3) is 11.0 Å². The van der Waals surface area contributed by atoms with E-state index in [0.717, 1.165) is 22.4 Å². The molecule has 0 unspecified atom stereocenters. The molecule has 0 aliphatic carbocycles. The standard InChI is InChI=1S/C20H24N4O3S/c1-15-23-18-5-3-4-6-19(18)24(15)14-13-22-20(25)12-9-16-7-10-17(11-8-16)28(26,27)21-2/h3-8,10-11,21H,9,12-14H2,1-2H3,(H,22,25). The Bertz CT molecular complexity index is 1070. The fourth-order valence-electron chi connectivity index (χ4n) is 3.08. The number of amides is 1. The summed E-state index contributed by atoms with van der Waals surface area (Å²) < 4.78 is 27.8. The lowest BCUT2D eigenvalue weighted by Crippen LogP contribution is -2.27. The van der Waals surface area contributed by atoms with Crippen LogP contribution in [0.3, 0.4) is 0 Å². The second kappa shape index (κ2) is 8.53. The van der Waals surface area contributed by atoms with Gasteiger partial charge >= 0.3 is 0 Å². The van der Waals surface area contributed by atoms with Crippen LogP contribution in [0.5, 0.6) is 0 Å². The van der Waals surface area contributed by atoms with E-state index in [2.05, 4.69) is 19.6 Å². The Morgan fingerprint density at radius 2 is 1.82 bits per heavy atom. The number of fused-ring (bicyclic) bond motifs is 1. The molecule has 1 heterocycles. The summed E-state index contributed by atoms with van der Waals surface area (Å²) in [5.74, 6) is 0.890. The number of nitrogens with one attached hydrogen (secondary N) is 2. The number of aromatic nitrogens is 2. The van der Waals surface area contributed by atoms with Gasteiger partial charge in [0.25, 0.3) is 0 Å². The Hall–Kier alpha value is -2.71. The molecule has 0 atom stereocenters. The van der Waals surface area contributed by atoms with Crippen LogP contribution in [0, 0.1) is 6.92 Å². The maximum absolute atomic E-state index is 12.1. The zero-order valence-corrected chi connectivity index (χ0v) is 16.8. The van der Waals surface area contributed by atoms with Crippen molar-refractivity contribution in [2.24, 2.45) is 0 Å². The first-order chi connectivity index (χ1) is 13.4. The van der Waals surface area contributed by atoms with Crippen molar-refractivity contribution < 1.29 is 13.2 Å². The molecule has 1 aromatic heterocycles. The molecule has 0 spiro atoms. The SMILES string of the molecule is CNS(=O)(=O)c1ccc(CCC(=O)NCCn2c(C)nc3ccccc32)cc1. The summed E-state index contributed by atoms with van der Waals surface area (Å²) in [6, 6.07) is 14.5. The molecule has 0 saturated heterocycles. The average molecular weight is 401 g/mol. The van der Waals surface area contributed by atoms with Gasteiger partial charge in [-0.3, -0.25) is 4.79 Å². The van der Waals surface area contributed by atoms with E-state index in [-0.39, 0.29) is 10.8 Å². The summed E-state index contributed by atoms with van der Waals surface area (Å²) in [6.07, 6.45) is 0.903. The quantitative estimate of drug-likeness (QED) is 0.605. The Kier molecular flexibility index (Phi) is 6.11. The highest BCUT2D eigenvalue weighted by Crippen LogP contribution is 2.15. The highest BCUT2D eigenvalue weighted by molar-refractivity contribution is 7.89. The number of hydrogen-bond acceptors (Lipinski definition) is 4. The Balaban J connectivity index is 1.49. The molecule has 7 nitrogen and oxygen atoms in total. The largest absolute Gasteiger partial charge is 0.354 e. The number of hydrogen-bond donors (Lipinski definition) is 2. The van der Waals surface area contributed by atoms with E-state index in [9.17, 15) is 13.2 Å². The molecule has 148 valence electrons. The molecular formula is C20H24N4O3S. The van der Waals surface area contributed by atoms with Crippen molar-refractivity contribution in [2.75, 3.05) is 13.6 Å². The summed E-state index contributed by atoms with van der Waals surface area (Å²) in [7, 11) is -2.06. The van der Waals surface area contributed by atoms with Gasteiger partial charge in [-0.15, -0.1) is 0 Å². The third kappa shape index (κ3) is 4.58. The number of nitrogens with zero attached hydrogens (tertiary/aromatic N) is 2. The minimum absolute atomic E-state index is 0.0333. The summed E-state index contributed by atoms with van der Waals surface area (Å²) in [6.45, 7) is 3.15. The highest BCUT2D eigenvalue weighted by atomic mass is 32.2. The van der Waals surface area contributed by atoms with Gasteiger partial charge in [0, 0.05) is 19.5 Å². The Labute approximate surface area is 164 Å². The van der Waals surface area contributed by atoms with Gasteiger partial charge in [-0.1, -0.05) is 24.3 Å². The summed E-state index contributed by atoms with van der Waals surface area (Å²) in [4.78, 5) is 16.9. The number of imidazole rings is 1. The maximum Gasteiger partial charge on any atom is 0.240 e. The van der Waals surface area contributed by atoms with Gasteiger partial charge < -0.3 is 9.88 Å². The molecule has 3 rings (SSSR count). The second-order valence-electron chi connectivity index (χ2n) is 6.50. The number of rotatable bonds is 8. The van der Waals surface area contributed by atoms with Crippen LogP contribution in [0.4, 0.5) is 0 Å². The van der Waals surface area contributed by atoms with Crippen LogP contribution in [-0.4, -0.2) is 37.5 Å². The van der Waals surface area contributed by atoms with Crippen LogP contribution in [0.1, 0.15) is 17.8 Å². The van der Waals surface area contributed by atoms with Crippen molar-refractivity contribution in [3.63, 3.8) is 0 Å². The minimum atomic E-state index is -3.44. The number of benzene rings is 2. The van der Waals surface area contributed by atoms with Gasteiger partial charge in [0.2, 0.25) is 15.9 Å². The van der Waals surface area contributed by atoms with Gasteiger partial charge in [0.15, 0.2) is 0 Å². The molecule has 2 aromatic carbocycles. The van der Waals surface area contributed by atoms with E-state index in [1.165, 1.54) is 7.05 Å². The molecule has 0 aliphatic rings. The third-order valence-corrected chi connectivity index (χ3v) is 6.08. The lowest BCUT2D eigenvalue weighted by Gasteiger charge is -2.09. The van der Waals surface area contributed by atoms with Crippen molar-refractivity contribution in [3.8, 4) is 0 Å². The normalized spacial score (nSPS) is 11.6. The molecule has 0 aliphatic heterocycles. The third-order valence-electron chi connectivity index (χ3n) is 4.65. The fraction of sp³-hybridized carbons (Fsp3) is 0.300. The first kappa shape index (κ1) is 20.0. The number of aryl methyl sites for hydroxylation is 2. The molecule has 0 bridgehead atoms. The molecular weight excluding hydrogens is 376 g/mol. The van der Waals surface area contributed by atoms with E-state index in [0.29, 0.717) is 25.9 Å². The number of carbonyl (C=O) groups excluding carboxylic acids is 1. The fourth-order valence-corrected chi connectivity index (χ4v) is 3.81. The van der Waals surface area contributed by atoms with Crippen molar-refractivity contribution in [1.82, 2.24) is 19.6 Å². The molecule has 0 fully saturated rings. The second-order valence-corrected chi connectivity index (χ2v) is 8.39.